The van der Waals surface area contributed by atoms with Gasteiger partial charge < -0.3 is 25.0 Å². The first kappa shape index (κ1) is 33.0. The number of nitrogens with one attached hydrogen (secondary N) is 1. The Morgan fingerprint density at radius 1 is 1.14 bits per heavy atom. The minimum atomic E-state index is -4.80. The Morgan fingerprint density at radius 2 is 1.82 bits per heavy atom. The number of esters is 2. The first-order chi connectivity index (χ1) is 20.5. The van der Waals surface area contributed by atoms with Gasteiger partial charge in [0.2, 0.25) is 0 Å². The van der Waals surface area contributed by atoms with Crippen LogP contribution < -0.4 is 11.1 Å². The molecule has 0 aliphatic heterocycles. The van der Waals surface area contributed by atoms with Crippen molar-refractivity contribution in [2.75, 3.05) is 33.0 Å². The lowest BCUT2D eigenvalue weighted by atomic mass is 9.92. The van der Waals surface area contributed by atoms with Gasteiger partial charge in [0, 0.05) is 25.1 Å². The number of primary amides is 1. The van der Waals surface area contributed by atoms with Crippen LogP contribution in [0.4, 0.5) is 18.9 Å². The number of Topliss-reactive ketones (excluding diaryl/α,β-unsaturated/α-hetero) is 1. The standard InChI is InChI=1S/C30H38F3N5O6/c1-17(39)43-21(16-38(2,3)4)15-26(41)44-20-11-8-18(9-12-20)35-23-14-19(10-13-22(23)29(34)42)37-24-6-5-7-25(40)27(24)28(36-37)30(31,32)33/h10,13-14,18,20-21H,5-9,11-12,15-16H2,1-4H3,(H2-,34,35,42)/p+1. The predicted octanol–water partition coefficient (Wildman–Crippen LogP) is 3.80. The third-order valence-corrected chi connectivity index (χ3v) is 7.67. The zero-order chi connectivity index (χ0) is 32.4. The van der Waals surface area contributed by atoms with Gasteiger partial charge in [0.05, 0.1) is 50.1 Å². The fourth-order valence-electron chi connectivity index (χ4n) is 5.88. The van der Waals surface area contributed by atoms with Crippen LogP contribution in [0.25, 0.3) is 5.69 Å². The van der Waals surface area contributed by atoms with E-state index in [2.05, 4.69) is 10.4 Å². The number of carbonyl (C=O) groups excluding carboxylic acids is 4. The highest BCUT2D eigenvalue weighted by Gasteiger charge is 2.42. The van der Waals surface area contributed by atoms with Crippen LogP contribution in [-0.2, 0) is 31.7 Å². The number of ether oxygens (including phenoxy) is 2. The Morgan fingerprint density at radius 3 is 2.41 bits per heavy atom. The molecule has 14 heteroatoms. The van der Waals surface area contributed by atoms with E-state index in [4.69, 9.17) is 15.2 Å². The van der Waals surface area contributed by atoms with Crippen molar-refractivity contribution in [3.63, 3.8) is 0 Å². The van der Waals surface area contributed by atoms with Crippen molar-refractivity contribution in [3.8, 4) is 5.69 Å². The van der Waals surface area contributed by atoms with Gasteiger partial charge in [-0.25, -0.2) is 4.68 Å². The molecular formula is C30H39F3N5O6+. The number of ketones is 1. The van der Waals surface area contributed by atoms with E-state index in [0.29, 0.717) is 48.8 Å². The van der Waals surface area contributed by atoms with Gasteiger partial charge >= 0.3 is 18.1 Å². The first-order valence-corrected chi connectivity index (χ1v) is 14.6. The van der Waals surface area contributed by atoms with E-state index in [0.717, 1.165) is 4.68 Å². The zero-order valence-electron chi connectivity index (χ0n) is 25.3. The minimum absolute atomic E-state index is 0.0240. The predicted molar refractivity (Wildman–Crippen MR) is 153 cm³/mol. The van der Waals surface area contributed by atoms with E-state index < -0.39 is 47.2 Å². The second kappa shape index (κ2) is 13.0. The number of alkyl halides is 3. The van der Waals surface area contributed by atoms with E-state index in [1.807, 2.05) is 21.1 Å². The van der Waals surface area contributed by atoms with Gasteiger partial charge in [-0.05, 0) is 56.7 Å². The van der Waals surface area contributed by atoms with Crippen LogP contribution in [0.2, 0.25) is 0 Å². The average molecular weight is 623 g/mol. The second-order valence-electron chi connectivity index (χ2n) is 12.5. The maximum Gasteiger partial charge on any atom is 0.435 e. The van der Waals surface area contributed by atoms with Gasteiger partial charge in [-0.2, -0.15) is 18.3 Å². The molecule has 1 amide bonds. The number of hydrogen-bond acceptors (Lipinski definition) is 8. The molecule has 0 bridgehead atoms. The first-order valence-electron chi connectivity index (χ1n) is 14.6. The van der Waals surface area contributed by atoms with Gasteiger partial charge in [-0.15, -0.1) is 0 Å². The quantitative estimate of drug-likeness (QED) is 0.301. The van der Waals surface area contributed by atoms with Gasteiger partial charge in [-0.1, -0.05) is 0 Å². The van der Waals surface area contributed by atoms with Crippen molar-refractivity contribution in [2.24, 2.45) is 5.73 Å². The van der Waals surface area contributed by atoms with Gasteiger partial charge in [0.25, 0.3) is 5.91 Å². The van der Waals surface area contributed by atoms with Crippen LogP contribution in [-0.4, -0.2) is 83.8 Å². The summed E-state index contributed by atoms with van der Waals surface area (Å²) in [4.78, 5) is 48.8. The van der Waals surface area contributed by atoms with Crippen molar-refractivity contribution in [2.45, 2.75) is 82.7 Å². The summed E-state index contributed by atoms with van der Waals surface area (Å²) in [6.07, 6.45) is -2.88. The summed E-state index contributed by atoms with van der Waals surface area (Å²) in [5.41, 5.74) is 4.92. The smallest absolute Gasteiger partial charge is 0.435 e. The van der Waals surface area contributed by atoms with E-state index in [9.17, 15) is 32.3 Å². The van der Waals surface area contributed by atoms with E-state index >= 15 is 0 Å². The maximum absolute atomic E-state index is 13.8. The van der Waals surface area contributed by atoms with Gasteiger partial charge in [-0.3, -0.25) is 19.2 Å². The van der Waals surface area contributed by atoms with Crippen molar-refractivity contribution in [1.29, 1.82) is 0 Å². The number of amides is 1. The summed E-state index contributed by atoms with van der Waals surface area (Å²) in [7, 11) is 5.79. The number of carbonyl (C=O) groups is 4. The average Bonchev–Trinajstić information content (AvgIpc) is 3.30. The molecule has 11 nitrogen and oxygen atoms in total. The molecular weight excluding hydrogens is 583 g/mol. The number of quaternary nitrogens is 1. The third-order valence-electron chi connectivity index (χ3n) is 7.67. The normalized spacial score (nSPS) is 19.6. The van der Waals surface area contributed by atoms with Crippen molar-refractivity contribution >= 4 is 29.3 Å². The minimum Gasteiger partial charge on any atom is -0.462 e. The summed E-state index contributed by atoms with van der Waals surface area (Å²) in [5, 5.41) is 7.08. The number of halogens is 3. The summed E-state index contributed by atoms with van der Waals surface area (Å²) >= 11 is 0. The molecule has 44 heavy (non-hydrogen) atoms. The highest BCUT2D eigenvalue weighted by Crippen LogP contribution is 2.37. The molecule has 2 aliphatic rings. The van der Waals surface area contributed by atoms with Crippen molar-refractivity contribution in [3.05, 3.63) is 40.7 Å². The van der Waals surface area contributed by atoms with Crippen LogP contribution in [0.15, 0.2) is 18.2 Å². The van der Waals surface area contributed by atoms with Crippen LogP contribution in [0.1, 0.15) is 84.0 Å². The fourth-order valence-corrected chi connectivity index (χ4v) is 5.88. The number of nitrogens with two attached hydrogens (primary N) is 1. The molecule has 3 N–H and O–H groups in total. The Hall–Kier alpha value is -3.94. The largest absolute Gasteiger partial charge is 0.462 e. The SMILES string of the molecule is CC(=O)OC(CC(=O)OC1CCC(Nc2cc(-n3nc(C(F)(F)F)c4c3CCCC4=O)ccc2C(N)=O)CC1)C[N+](C)(C)C. The molecule has 1 atom stereocenters. The highest BCUT2D eigenvalue weighted by molar-refractivity contribution is 6.00. The number of nitrogens with zero attached hydrogens (tertiary/aromatic N) is 3. The highest BCUT2D eigenvalue weighted by atomic mass is 19.4. The summed E-state index contributed by atoms with van der Waals surface area (Å²) in [6.45, 7) is 1.74. The molecule has 0 saturated heterocycles. The molecule has 1 heterocycles. The molecule has 1 unspecified atom stereocenters. The topological polar surface area (TPSA) is 143 Å². The third kappa shape index (κ3) is 8.16. The van der Waals surface area contributed by atoms with Gasteiger partial charge in [0.1, 0.15) is 12.6 Å². The molecule has 2 aromatic rings. The zero-order valence-corrected chi connectivity index (χ0v) is 25.3. The lowest BCUT2D eigenvalue weighted by Crippen LogP contribution is -2.44. The molecule has 1 fully saturated rings. The fraction of sp³-hybridized carbons (Fsp3) is 0.567. The molecule has 4 rings (SSSR count). The number of likely N-dealkylation sites (N-methyl/N-ethyl adjacent to an activating group) is 1. The Kier molecular flexibility index (Phi) is 9.71. The number of rotatable bonds is 10. The molecule has 0 radical (unpaired) electrons. The summed E-state index contributed by atoms with van der Waals surface area (Å²) in [5.74, 6) is -2.23. The monoisotopic (exact) mass is 622 g/mol. The van der Waals surface area contributed by atoms with Crippen LogP contribution in [0, 0.1) is 0 Å². The van der Waals surface area contributed by atoms with E-state index in [1.54, 1.807) is 0 Å². The summed E-state index contributed by atoms with van der Waals surface area (Å²) < 4.78 is 53.9. The molecule has 1 saturated carbocycles. The van der Waals surface area contributed by atoms with Crippen molar-refractivity contribution in [1.82, 2.24) is 9.78 Å². The van der Waals surface area contributed by atoms with E-state index in [1.165, 1.54) is 25.1 Å². The second-order valence-corrected chi connectivity index (χ2v) is 12.5. The number of anilines is 1. The lowest BCUT2D eigenvalue weighted by Gasteiger charge is -2.31. The van der Waals surface area contributed by atoms with Gasteiger partial charge in [0.15, 0.2) is 17.6 Å². The number of benzene rings is 1. The maximum atomic E-state index is 13.8. The Balaban J connectivity index is 1.45. The lowest BCUT2D eigenvalue weighted by molar-refractivity contribution is -0.873. The molecule has 2 aliphatic carbocycles. The molecule has 1 aromatic heterocycles. The molecule has 0 spiro atoms. The van der Waals surface area contributed by atoms with Crippen LogP contribution in [0.5, 0.6) is 0 Å². The Bertz CT molecular complexity index is 1420. The molecule has 1 aromatic carbocycles. The molecule has 240 valence electrons. The van der Waals surface area contributed by atoms with Crippen LogP contribution >= 0.6 is 0 Å². The van der Waals surface area contributed by atoms with Crippen molar-refractivity contribution < 1.29 is 46.3 Å². The van der Waals surface area contributed by atoms with E-state index in [-0.39, 0.29) is 48.4 Å². The number of fused-ring (bicyclic) bond motifs is 1. The Labute approximate surface area is 253 Å². The summed E-state index contributed by atoms with van der Waals surface area (Å²) in [6, 6.07) is 4.26. The van der Waals surface area contributed by atoms with Crippen LogP contribution in [0.3, 0.4) is 0 Å². The number of aromatic nitrogens is 2. The number of hydrogen-bond donors (Lipinski definition) is 2.